The molecule has 4 rings (SSSR count). The summed E-state index contributed by atoms with van der Waals surface area (Å²) in [5.74, 6) is 0. The Hall–Kier alpha value is -2.64. The van der Waals surface area contributed by atoms with Crippen LogP contribution in [0, 0.1) is 0 Å². The van der Waals surface area contributed by atoms with Gasteiger partial charge in [-0.15, -0.1) is 0 Å². The molecule has 134 valence electrons. The standard InChI is InChI=1S/C18H18ClN5O2/c1-22-6-8-23(9-7-22)13-4-2-12(3-5-13)17-14-10-16(19)20-11-15(14)24(21-17)18(25)26/h2-5,10-11H,6-9H2,1H3,(H,25,26). The molecule has 1 saturated heterocycles. The first-order valence-corrected chi connectivity index (χ1v) is 8.72. The molecule has 1 aliphatic heterocycles. The van der Waals surface area contributed by atoms with E-state index in [9.17, 15) is 9.90 Å². The molecule has 1 N–H and O–H groups in total. The molecule has 2 aromatic heterocycles. The van der Waals surface area contributed by atoms with Crippen LogP contribution < -0.4 is 4.90 Å². The fourth-order valence-corrected chi connectivity index (χ4v) is 3.40. The summed E-state index contributed by atoms with van der Waals surface area (Å²) in [5, 5.41) is 14.6. The number of anilines is 1. The van der Waals surface area contributed by atoms with Crippen molar-refractivity contribution >= 4 is 34.3 Å². The smallest absolute Gasteiger partial charge is 0.432 e. The summed E-state index contributed by atoms with van der Waals surface area (Å²) in [4.78, 5) is 20.1. The molecule has 26 heavy (non-hydrogen) atoms. The molecular weight excluding hydrogens is 354 g/mol. The summed E-state index contributed by atoms with van der Waals surface area (Å²) in [6.45, 7) is 4.07. The van der Waals surface area contributed by atoms with Crippen molar-refractivity contribution < 1.29 is 9.90 Å². The van der Waals surface area contributed by atoms with Gasteiger partial charge in [-0.25, -0.2) is 9.78 Å². The number of rotatable bonds is 2. The maximum absolute atomic E-state index is 11.5. The lowest BCUT2D eigenvalue weighted by Crippen LogP contribution is -2.44. The SMILES string of the molecule is CN1CCN(c2ccc(-c3nn(C(=O)O)c4cnc(Cl)cc34)cc2)CC1. The van der Waals surface area contributed by atoms with Gasteiger partial charge in [-0.2, -0.15) is 9.78 Å². The molecule has 7 nitrogen and oxygen atoms in total. The van der Waals surface area contributed by atoms with Gasteiger partial charge in [0.05, 0.1) is 11.7 Å². The van der Waals surface area contributed by atoms with Crippen LogP contribution >= 0.6 is 11.6 Å². The number of nitrogens with zero attached hydrogens (tertiary/aromatic N) is 5. The molecule has 0 saturated carbocycles. The van der Waals surface area contributed by atoms with Crippen LogP contribution in [0.5, 0.6) is 0 Å². The first-order valence-electron chi connectivity index (χ1n) is 8.34. The highest BCUT2D eigenvalue weighted by molar-refractivity contribution is 6.30. The van der Waals surface area contributed by atoms with E-state index >= 15 is 0 Å². The number of carboxylic acid groups (broad SMARTS) is 1. The predicted molar refractivity (Wildman–Crippen MR) is 101 cm³/mol. The molecule has 8 heteroatoms. The third kappa shape index (κ3) is 3.00. The average Bonchev–Trinajstić information content (AvgIpc) is 3.01. The second-order valence-electron chi connectivity index (χ2n) is 6.40. The Balaban J connectivity index is 1.71. The molecule has 3 aromatic rings. The molecule has 0 aliphatic carbocycles. The highest BCUT2D eigenvalue weighted by Crippen LogP contribution is 2.30. The van der Waals surface area contributed by atoms with E-state index in [0.29, 0.717) is 21.7 Å². The molecule has 3 heterocycles. The van der Waals surface area contributed by atoms with Crippen molar-refractivity contribution in [3.8, 4) is 11.3 Å². The zero-order valence-electron chi connectivity index (χ0n) is 14.3. The number of halogens is 1. The van der Waals surface area contributed by atoms with Gasteiger partial charge >= 0.3 is 6.09 Å². The lowest BCUT2D eigenvalue weighted by atomic mass is 10.1. The molecule has 0 unspecified atom stereocenters. The van der Waals surface area contributed by atoms with Gasteiger partial charge < -0.3 is 14.9 Å². The maximum Gasteiger partial charge on any atom is 0.432 e. The van der Waals surface area contributed by atoms with Gasteiger partial charge in [0.15, 0.2) is 0 Å². The van der Waals surface area contributed by atoms with Crippen molar-refractivity contribution in [2.75, 3.05) is 38.1 Å². The number of pyridine rings is 1. The van der Waals surface area contributed by atoms with E-state index in [1.54, 1.807) is 6.07 Å². The zero-order chi connectivity index (χ0) is 18.3. The Morgan fingerprint density at radius 3 is 2.50 bits per heavy atom. The first-order chi connectivity index (χ1) is 12.5. The van der Waals surface area contributed by atoms with Gasteiger partial charge in [0.25, 0.3) is 0 Å². The van der Waals surface area contributed by atoms with Crippen LogP contribution in [0.15, 0.2) is 36.5 Å². The van der Waals surface area contributed by atoms with Crippen molar-refractivity contribution in [3.05, 3.63) is 41.7 Å². The maximum atomic E-state index is 11.5. The molecule has 1 aromatic carbocycles. The number of hydrogen-bond donors (Lipinski definition) is 1. The van der Waals surface area contributed by atoms with E-state index in [1.165, 1.54) is 6.20 Å². The second kappa shape index (κ2) is 6.59. The molecule has 0 bridgehead atoms. The summed E-state index contributed by atoms with van der Waals surface area (Å²) in [7, 11) is 2.13. The predicted octanol–water partition coefficient (Wildman–Crippen LogP) is 3.03. The Kier molecular flexibility index (Phi) is 4.26. The first kappa shape index (κ1) is 16.8. The van der Waals surface area contributed by atoms with Crippen molar-refractivity contribution in [1.29, 1.82) is 0 Å². The molecule has 0 amide bonds. The van der Waals surface area contributed by atoms with Gasteiger partial charge in [0.1, 0.15) is 10.8 Å². The minimum Gasteiger partial charge on any atom is -0.463 e. The van der Waals surface area contributed by atoms with Crippen LogP contribution in [-0.4, -0.2) is 64.1 Å². The number of fused-ring (bicyclic) bond motifs is 1. The number of aromatic nitrogens is 3. The van der Waals surface area contributed by atoms with E-state index in [1.807, 2.05) is 12.1 Å². The lowest BCUT2D eigenvalue weighted by Gasteiger charge is -2.34. The van der Waals surface area contributed by atoms with Crippen LogP contribution in [0.1, 0.15) is 0 Å². The van der Waals surface area contributed by atoms with E-state index in [2.05, 4.69) is 39.1 Å². The molecule has 0 spiro atoms. The Morgan fingerprint density at radius 1 is 1.15 bits per heavy atom. The number of carbonyl (C=O) groups is 1. The molecule has 1 fully saturated rings. The van der Waals surface area contributed by atoms with Gasteiger partial charge in [0, 0.05) is 42.8 Å². The van der Waals surface area contributed by atoms with Crippen molar-refractivity contribution in [2.24, 2.45) is 0 Å². The number of likely N-dealkylation sites (N-methyl/N-ethyl adjacent to an activating group) is 1. The molecule has 1 aliphatic rings. The second-order valence-corrected chi connectivity index (χ2v) is 6.79. The normalized spacial score (nSPS) is 15.5. The van der Waals surface area contributed by atoms with Gasteiger partial charge in [-0.1, -0.05) is 23.7 Å². The minimum atomic E-state index is -1.15. The van der Waals surface area contributed by atoms with Crippen molar-refractivity contribution in [1.82, 2.24) is 19.7 Å². The van der Waals surface area contributed by atoms with Crippen molar-refractivity contribution in [2.45, 2.75) is 0 Å². The van der Waals surface area contributed by atoms with Crippen LogP contribution in [0.25, 0.3) is 22.2 Å². The van der Waals surface area contributed by atoms with Gasteiger partial charge in [-0.05, 0) is 25.2 Å². The molecule has 0 atom stereocenters. The van der Waals surface area contributed by atoms with Crippen LogP contribution in [-0.2, 0) is 0 Å². The largest absolute Gasteiger partial charge is 0.463 e. The fraction of sp³-hybridized carbons (Fsp3) is 0.278. The van der Waals surface area contributed by atoms with Crippen LogP contribution in [0.2, 0.25) is 5.15 Å². The molecular formula is C18H18ClN5O2. The Labute approximate surface area is 155 Å². The third-order valence-electron chi connectivity index (χ3n) is 4.72. The zero-order valence-corrected chi connectivity index (χ0v) is 15.0. The molecule has 0 radical (unpaired) electrons. The van der Waals surface area contributed by atoms with E-state index in [-0.39, 0.29) is 0 Å². The number of piperazine rings is 1. The highest BCUT2D eigenvalue weighted by atomic mass is 35.5. The van der Waals surface area contributed by atoms with Gasteiger partial charge in [0.2, 0.25) is 0 Å². The lowest BCUT2D eigenvalue weighted by molar-refractivity contribution is 0.194. The van der Waals surface area contributed by atoms with E-state index in [4.69, 9.17) is 11.6 Å². The summed E-state index contributed by atoms with van der Waals surface area (Å²) in [6, 6.07) is 9.68. The summed E-state index contributed by atoms with van der Waals surface area (Å²) >= 11 is 6.00. The third-order valence-corrected chi connectivity index (χ3v) is 4.93. The summed E-state index contributed by atoms with van der Waals surface area (Å²) < 4.78 is 0.933. The summed E-state index contributed by atoms with van der Waals surface area (Å²) in [5.41, 5.74) is 3.00. The monoisotopic (exact) mass is 371 g/mol. The number of benzene rings is 1. The fourth-order valence-electron chi connectivity index (χ4n) is 3.24. The quantitative estimate of drug-likeness (QED) is 0.698. The van der Waals surface area contributed by atoms with Crippen LogP contribution in [0.4, 0.5) is 10.5 Å². The topological polar surface area (TPSA) is 74.5 Å². The Morgan fingerprint density at radius 2 is 1.85 bits per heavy atom. The number of hydrogen-bond acceptors (Lipinski definition) is 5. The van der Waals surface area contributed by atoms with Gasteiger partial charge in [-0.3, -0.25) is 0 Å². The summed E-state index contributed by atoms with van der Waals surface area (Å²) in [6.07, 6.45) is 0.278. The van der Waals surface area contributed by atoms with E-state index < -0.39 is 6.09 Å². The Bertz CT molecular complexity index is 962. The van der Waals surface area contributed by atoms with Crippen LogP contribution in [0.3, 0.4) is 0 Å². The minimum absolute atomic E-state index is 0.303. The van der Waals surface area contributed by atoms with Crippen molar-refractivity contribution in [3.63, 3.8) is 0 Å². The van der Waals surface area contributed by atoms with E-state index in [0.717, 1.165) is 42.1 Å². The highest BCUT2D eigenvalue weighted by Gasteiger charge is 2.18. The average molecular weight is 372 g/mol.